The number of rotatable bonds is 7. The molecule has 4 rings (SSSR count). The van der Waals surface area contributed by atoms with Gasteiger partial charge < -0.3 is 10.2 Å². The zero-order valence-corrected chi connectivity index (χ0v) is 19.2. The molecule has 2 aromatic carbocycles. The van der Waals surface area contributed by atoms with Gasteiger partial charge in [0.2, 0.25) is 5.91 Å². The second-order valence-corrected chi connectivity index (χ2v) is 9.15. The fourth-order valence-electron chi connectivity index (χ4n) is 4.73. The van der Waals surface area contributed by atoms with Crippen molar-refractivity contribution in [3.8, 4) is 0 Å². The Kier molecular flexibility index (Phi) is 6.82. The summed E-state index contributed by atoms with van der Waals surface area (Å²) >= 11 is 6.09. The van der Waals surface area contributed by atoms with E-state index in [0.29, 0.717) is 29.3 Å². The van der Waals surface area contributed by atoms with Crippen LogP contribution < -0.4 is 5.32 Å². The topological polar surface area (TPSA) is 52.7 Å². The number of nitrogens with one attached hydrogen (secondary N) is 1. The van der Waals surface area contributed by atoms with E-state index in [1.807, 2.05) is 11.8 Å². The number of amides is 2. The van der Waals surface area contributed by atoms with Crippen LogP contribution in [0.4, 0.5) is 10.1 Å². The number of likely N-dealkylation sites (N-methyl/N-ethyl adjacent to an activating group) is 1. The molecule has 1 aliphatic heterocycles. The van der Waals surface area contributed by atoms with Crippen LogP contribution in [-0.2, 0) is 4.79 Å². The molecule has 1 N–H and O–H groups in total. The summed E-state index contributed by atoms with van der Waals surface area (Å²) in [6.45, 7) is 5.67. The molecule has 32 heavy (non-hydrogen) atoms. The number of nitrogens with zero attached hydrogens (tertiary/aromatic N) is 2. The average molecular weight is 458 g/mol. The highest BCUT2D eigenvalue weighted by atomic mass is 35.5. The monoisotopic (exact) mass is 457 g/mol. The predicted molar refractivity (Wildman–Crippen MR) is 124 cm³/mol. The van der Waals surface area contributed by atoms with E-state index < -0.39 is 0 Å². The summed E-state index contributed by atoms with van der Waals surface area (Å²) in [4.78, 5) is 29.0. The third-order valence-corrected chi connectivity index (χ3v) is 6.70. The van der Waals surface area contributed by atoms with Crippen molar-refractivity contribution >= 4 is 29.1 Å². The summed E-state index contributed by atoms with van der Waals surface area (Å²) in [6.07, 6.45) is 2.98. The number of hydrogen-bond donors (Lipinski definition) is 1. The van der Waals surface area contributed by atoms with Crippen molar-refractivity contribution in [3.63, 3.8) is 0 Å². The third kappa shape index (κ3) is 4.81. The molecular formula is C25H29ClFN3O2. The van der Waals surface area contributed by atoms with Gasteiger partial charge in [0.1, 0.15) is 5.82 Å². The fraction of sp³-hybridized carbons (Fsp3) is 0.440. The van der Waals surface area contributed by atoms with Gasteiger partial charge in [-0.05, 0) is 68.0 Å². The molecule has 2 amide bonds. The number of hydrogen-bond acceptors (Lipinski definition) is 3. The lowest BCUT2D eigenvalue weighted by atomic mass is 9.93. The highest BCUT2D eigenvalue weighted by Gasteiger charge is 2.43. The van der Waals surface area contributed by atoms with Crippen LogP contribution in [0.2, 0.25) is 5.02 Å². The lowest BCUT2D eigenvalue weighted by molar-refractivity contribution is -0.114. The van der Waals surface area contributed by atoms with Gasteiger partial charge in [-0.2, -0.15) is 0 Å². The molecule has 170 valence electrons. The Bertz CT molecular complexity index is 993. The van der Waals surface area contributed by atoms with E-state index in [-0.39, 0.29) is 34.7 Å². The number of carbonyl (C=O) groups is 2. The van der Waals surface area contributed by atoms with Gasteiger partial charge >= 0.3 is 0 Å². The summed E-state index contributed by atoms with van der Waals surface area (Å²) < 4.78 is 15.0. The quantitative estimate of drug-likeness (QED) is 0.627. The van der Waals surface area contributed by atoms with Crippen LogP contribution in [0.15, 0.2) is 42.5 Å². The fourth-order valence-corrected chi connectivity index (χ4v) is 4.91. The Morgan fingerprint density at radius 3 is 2.50 bits per heavy atom. The minimum absolute atomic E-state index is 0.0954. The van der Waals surface area contributed by atoms with Gasteiger partial charge in [-0.3, -0.25) is 14.5 Å². The van der Waals surface area contributed by atoms with Crippen LogP contribution in [0.25, 0.3) is 0 Å². The summed E-state index contributed by atoms with van der Waals surface area (Å²) in [6, 6.07) is 12.0. The molecule has 2 atom stereocenters. The maximum absolute atomic E-state index is 15.0. The van der Waals surface area contributed by atoms with Gasteiger partial charge in [0, 0.05) is 43.7 Å². The van der Waals surface area contributed by atoms with E-state index in [1.165, 1.54) is 19.8 Å². The molecule has 0 bridgehead atoms. The molecule has 1 aliphatic carbocycles. The van der Waals surface area contributed by atoms with Crippen molar-refractivity contribution in [2.45, 2.75) is 45.2 Å². The molecule has 0 spiro atoms. The largest absolute Gasteiger partial charge is 0.326 e. The van der Waals surface area contributed by atoms with Crippen LogP contribution in [-0.4, -0.2) is 47.4 Å². The maximum atomic E-state index is 15.0. The van der Waals surface area contributed by atoms with E-state index in [9.17, 15) is 14.0 Å². The number of halogens is 2. The molecule has 7 heteroatoms. The first-order valence-electron chi connectivity index (χ1n) is 11.3. The second kappa shape index (κ2) is 9.59. The maximum Gasteiger partial charge on any atom is 0.255 e. The molecule has 1 saturated heterocycles. The highest BCUT2D eigenvalue weighted by molar-refractivity contribution is 6.30. The molecule has 1 saturated carbocycles. The van der Waals surface area contributed by atoms with Crippen molar-refractivity contribution < 1.29 is 14.0 Å². The second-order valence-electron chi connectivity index (χ2n) is 8.74. The number of benzene rings is 2. The first-order valence-corrected chi connectivity index (χ1v) is 11.6. The van der Waals surface area contributed by atoms with Crippen molar-refractivity contribution in [2.24, 2.45) is 5.92 Å². The van der Waals surface area contributed by atoms with Crippen LogP contribution in [0.5, 0.6) is 0 Å². The smallest absolute Gasteiger partial charge is 0.255 e. The van der Waals surface area contributed by atoms with E-state index >= 15 is 0 Å². The van der Waals surface area contributed by atoms with E-state index in [2.05, 4.69) is 10.2 Å². The Labute approximate surface area is 193 Å². The molecular weight excluding hydrogens is 429 g/mol. The summed E-state index contributed by atoms with van der Waals surface area (Å²) in [7, 11) is 0. The van der Waals surface area contributed by atoms with Crippen LogP contribution in [0.3, 0.4) is 0 Å². The molecule has 2 fully saturated rings. The van der Waals surface area contributed by atoms with E-state index in [4.69, 9.17) is 11.6 Å². The summed E-state index contributed by atoms with van der Waals surface area (Å²) in [5, 5.41) is 2.83. The average Bonchev–Trinajstić information content (AvgIpc) is 3.50. The van der Waals surface area contributed by atoms with Gasteiger partial charge in [0.15, 0.2) is 0 Å². The molecule has 5 nitrogen and oxygen atoms in total. The third-order valence-electron chi connectivity index (χ3n) is 6.40. The van der Waals surface area contributed by atoms with E-state index in [1.54, 1.807) is 42.5 Å². The van der Waals surface area contributed by atoms with Gasteiger partial charge in [0.25, 0.3) is 5.91 Å². The van der Waals surface area contributed by atoms with Crippen molar-refractivity contribution in [3.05, 3.63) is 64.4 Å². The van der Waals surface area contributed by atoms with Crippen LogP contribution >= 0.6 is 11.6 Å². The van der Waals surface area contributed by atoms with Crippen LogP contribution in [0.1, 0.15) is 54.9 Å². The minimum atomic E-state index is -0.388. The van der Waals surface area contributed by atoms with Crippen LogP contribution in [0, 0.1) is 11.7 Å². The standard InChI is InChI=1S/C25H29ClFN3O2/c1-3-30(25(32)18-9-11-19(12-10-18)28-16(2)31)24-21(13-14-29(24)15-17-7-8-17)20-5-4-6-22(26)23(20)27/h4-6,9-12,17,21,24H,3,7-8,13-15H2,1-2H3,(H,28,31). The Hall–Kier alpha value is -2.44. The van der Waals surface area contributed by atoms with Gasteiger partial charge in [0.05, 0.1) is 11.2 Å². The SMILES string of the molecule is CCN(C(=O)c1ccc(NC(C)=O)cc1)C1C(c2cccc(Cl)c2F)CCN1CC1CC1. The minimum Gasteiger partial charge on any atom is -0.326 e. The normalized spacial score (nSPS) is 20.9. The van der Waals surface area contributed by atoms with Crippen molar-refractivity contribution in [1.82, 2.24) is 9.80 Å². The first-order chi connectivity index (χ1) is 15.4. The molecule has 1 heterocycles. The number of carbonyl (C=O) groups excluding carboxylic acids is 2. The summed E-state index contributed by atoms with van der Waals surface area (Å²) in [5.41, 5.74) is 1.77. The molecule has 2 unspecified atom stereocenters. The van der Waals surface area contributed by atoms with Crippen molar-refractivity contribution in [1.29, 1.82) is 0 Å². The Morgan fingerprint density at radius 2 is 1.88 bits per heavy atom. The zero-order chi connectivity index (χ0) is 22.8. The highest BCUT2D eigenvalue weighted by Crippen LogP contribution is 2.41. The van der Waals surface area contributed by atoms with Gasteiger partial charge in [-0.1, -0.05) is 23.7 Å². The lowest BCUT2D eigenvalue weighted by Gasteiger charge is -2.38. The molecule has 0 aromatic heterocycles. The summed E-state index contributed by atoms with van der Waals surface area (Å²) in [5.74, 6) is -0.129. The molecule has 2 aromatic rings. The number of likely N-dealkylation sites (tertiary alicyclic amines) is 1. The molecule has 0 radical (unpaired) electrons. The van der Waals surface area contributed by atoms with Gasteiger partial charge in [-0.25, -0.2) is 4.39 Å². The Balaban J connectivity index is 1.64. The predicted octanol–water partition coefficient (Wildman–Crippen LogP) is 5.13. The van der Waals surface area contributed by atoms with Gasteiger partial charge in [-0.15, -0.1) is 0 Å². The molecule has 2 aliphatic rings. The zero-order valence-electron chi connectivity index (χ0n) is 18.5. The lowest BCUT2D eigenvalue weighted by Crippen LogP contribution is -2.50. The van der Waals surface area contributed by atoms with E-state index in [0.717, 1.165) is 19.5 Å². The number of anilines is 1. The van der Waals surface area contributed by atoms with Crippen molar-refractivity contribution in [2.75, 3.05) is 25.0 Å². The Morgan fingerprint density at radius 1 is 1.16 bits per heavy atom. The first kappa shape index (κ1) is 22.7.